The van der Waals surface area contributed by atoms with Crippen LogP contribution in [0.1, 0.15) is 6.92 Å². The summed E-state index contributed by atoms with van der Waals surface area (Å²) in [7, 11) is 0. The van der Waals surface area contributed by atoms with Crippen molar-refractivity contribution in [1.29, 1.82) is 0 Å². The van der Waals surface area contributed by atoms with Gasteiger partial charge in [-0.15, -0.1) is 0 Å². The Morgan fingerprint density at radius 2 is 2.23 bits per heavy atom. The second kappa shape index (κ2) is 5.70. The van der Waals surface area contributed by atoms with Crippen LogP contribution in [0.25, 0.3) is 10.9 Å². The van der Waals surface area contributed by atoms with E-state index in [2.05, 4.69) is 4.98 Å². The number of halogens is 2. The average Bonchev–Trinajstić information content (AvgIpc) is 2.48. The third-order valence-corrected chi connectivity index (χ3v) is 4.03. The first-order chi connectivity index (χ1) is 10.5. The summed E-state index contributed by atoms with van der Waals surface area (Å²) in [6.45, 7) is 2.49. The Morgan fingerprint density at radius 1 is 1.45 bits per heavy atom. The van der Waals surface area contributed by atoms with E-state index in [1.54, 1.807) is 23.1 Å². The number of benzene rings is 1. The van der Waals surface area contributed by atoms with Gasteiger partial charge in [-0.05, 0) is 25.1 Å². The van der Waals surface area contributed by atoms with Gasteiger partial charge in [-0.3, -0.25) is 9.78 Å². The number of aromatic nitrogens is 1. The summed E-state index contributed by atoms with van der Waals surface area (Å²) >= 11 is 6.05. The van der Waals surface area contributed by atoms with Gasteiger partial charge in [-0.25, -0.2) is 4.39 Å². The lowest BCUT2D eigenvalue weighted by Gasteiger charge is -2.37. The zero-order valence-corrected chi connectivity index (χ0v) is 12.7. The quantitative estimate of drug-likeness (QED) is 0.919. The van der Waals surface area contributed by atoms with E-state index in [1.807, 2.05) is 6.92 Å². The maximum absolute atomic E-state index is 14.8. The van der Waals surface area contributed by atoms with Gasteiger partial charge in [0.05, 0.1) is 23.4 Å². The molecule has 1 amide bonds. The molecule has 0 spiro atoms. The largest absolute Gasteiger partial charge is 0.367 e. The summed E-state index contributed by atoms with van der Waals surface area (Å²) in [5.41, 5.74) is 5.88. The minimum absolute atomic E-state index is 0.208. The topological polar surface area (TPSA) is 68.5 Å². The van der Waals surface area contributed by atoms with Crippen LogP contribution in [0.5, 0.6) is 0 Å². The molecule has 7 heteroatoms. The van der Waals surface area contributed by atoms with E-state index < -0.39 is 17.8 Å². The zero-order chi connectivity index (χ0) is 15.9. The fourth-order valence-corrected chi connectivity index (χ4v) is 2.90. The molecule has 1 aromatic heterocycles. The van der Waals surface area contributed by atoms with Crippen molar-refractivity contribution >= 4 is 34.1 Å². The Hall–Kier alpha value is -1.92. The monoisotopic (exact) mass is 323 g/mol. The van der Waals surface area contributed by atoms with Gasteiger partial charge < -0.3 is 15.4 Å². The second-order valence-electron chi connectivity index (χ2n) is 5.33. The predicted octanol–water partition coefficient (Wildman–Crippen LogP) is 2.11. The first-order valence-electron chi connectivity index (χ1n) is 6.90. The zero-order valence-electron chi connectivity index (χ0n) is 11.9. The number of anilines is 1. The van der Waals surface area contributed by atoms with Crippen LogP contribution >= 0.6 is 11.6 Å². The molecule has 0 radical (unpaired) electrons. The molecule has 1 aliphatic rings. The molecule has 3 rings (SSSR count). The molecule has 1 saturated heterocycles. The minimum atomic E-state index is -0.758. The van der Waals surface area contributed by atoms with E-state index in [1.165, 1.54) is 6.20 Å². The maximum atomic E-state index is 14.8. The normalized spacial score (nSPS) is 22.0. The molecule has 2 aromatic rings. The van der Waals surface area contributed by atoms with Gasteiger partial charge in [0.1, 0.15) is 5.52 Å². The molecule has 2 N–H and O–H groups in total. The first-order valence-corrected chi connectivity index (χ1v) is 7.27. The number of pyridine rings is 1. The van der Waals surface area contributed by atoms with E-state index in [4.69, 9.17) is 22.1 Å². The Balaban J connectivity index is 2.02. The Bertz CT molecular complexity index is 740. The van der Waals surface area contributed by atoms with Crippen LogP contribution in [-0.4, -0.2) is 36.2 Å². The summed E-state index contributed by atoms with van der Waals surface area (Å²) in [6.07, 6.45) is 0.478. The third kappa shape index (κ3) is 2.60. The molecule has 1 fully saturated rings. The molecule has 0 unspecified atom stereocenters. The van der Waals surface area contributed by atoms with E-state index in [0.29, 0.717) is 22.6 Å². The van der Waals surface area contributed by atoms with Crippen molar-refractivity contribution in [3.05, 3.63) is 35.2 Å². The van der Waals surface area contributed by atoms with Gasteiger partial charge in [-0.1, -0.05) is 11.6 Å². The number of amides is 1. The number of rotatable bonds is 2. The fourth-order valence-electron chi connectivity index (χ4n) is 2.69. The van der Waals surface area contributed by atoms with Gasteiger partial charge >= 0.3 is 0 Å². The van der Waals surface area contributed by atoms with Crippen molar-refractivity contribution in [2.24, 2.45) is 5.73 Å². The molecule has 22 heavy (non-hydrogen) atoms. The Kier molecular flexibility index (Phi) is 3.88. The molecule has 0 aliphatic carbocycles. The lowest BCUT2D eigenvalue weighted by atomic mass is 10.1. The highest BCUT2D eigenvalue weighted by atomic mass is 35.5. The summed E-state index contributed by atoms with van der Waals surface area (Å²) in [5, 5.41) is 0.999. The second-order valence-corrected chi connectivity index (χ2v) is 5.74. The number of nitrogens with zero attached hydrogens (tertiary/aromatic N) is 2. The van der Waals surface area contributed by atoms with Crippen molar-refractivity contribution in [2.45, 2.75) is 19.1 Å². The number of hydrogen-bond donors (Lipinski definition) is 1. The van der Waals surface area contributed by atoms with Crippen LogP contribution in [0.3, 0.4) is 0 Å². The summed E-state index contributed by atoms with van der Waals surface area (Å²) in [6, 6.07) is 4.98. The lowest BCUT2D eigenvalue weighted by molar-refractivity contribution is -0.133. The number of carbonyl (C=O) groups excluding carboxylic acids is 1. The molecule has 2 atom stereocenters. The average molecular weight is 324 g/mol. The molecule has 0 bridgehead atoms. The molecular formula is C15H15ClFN3O2. The van der Waals surface area contributed by atoms with Gasteiger partial charge in [0, 0.05) is 18.1 Å². The molecular weight excluding hydrogens is 309 g/mol. The van der Waals surface area contributed by atoms with Crippen molar-refractivity contribution in [3.63, 3.8) is 0 Å². The molecule has 116 valence electrons. The lowest BCUT2D eigenvalue weighted by Crippen LogP contribution is -2.51. The van der Waals surface area contributed by atoms with E-state index >= 15 is 0 Å². The van der Waals surface area contributed by atoms with Crippen LogP contribution in [0.2, 0.25) is 5.02 Å². The van der Waals surface area contributed by atoms with Crippen LogP contribution in [0.15, 0.2) is 24.4 Å². The van der Waals surface area contributed by atoms with Gasteiger partial charge in [0.25, 0.3) is 0 Å². The molecule has 2 heterocycles. The van der Waals surface area contributed by atoms with Crippen molar-refractivity contribution < 1.29 is 13.9 Å². The Morgan fingerprint density at radius 3 is 2.95 bits per heavy atom. The Labute approximate surface area is 131 Å². The standard InChI is InChI=1S/C15H15ClFN3O2/c1-8-6-20(7-12(22-8)15(18)21)11-3-2-9-10(16)4-5-19-14(9)13(11)17/h2-5,8,12H,6-7H2,1H3,(H2,18,21)/t8-,12+/m1/s1. The van der Waals surface area contributed by atoms with Gasteiger partial charge in [0.15, 0.2) is 11.9 Å². The highest BCUT2D eigenvalue weighted by molar-refractivity contribution is 6.35. The number of morpholine rings is 1. The number of nitrogens with two attached hydrogens (primary N) is 1. The fraction of sp³-hybridized carbons (Fsp3) is 0.333. The summed E-state index contributed by atoms with van der Waals surface area (Å²) in [5.74, 6) is -1.02. The molecule has 0 saturated carbocycles. The summed E-state index contributed by atoms with van der Waals surface area (Å²) in [4.78, 5) is 17.2. The minimum Gasteiger partial charge on any atom is -0.367 e. The highest BCUT2D eigenvalue weighted by Crippen LogP contribution is 2.31. The van der Waals surface area contributed by atoms with Crippen LogP contribution < -0.4 is 10.6 Å². The predicted molar refractivity (Wildman–Crippen MR) is 82.5 cm³/mol. The molecule has 5 nitrogen and oxygen atoms in total. The van der Waals surface area contributed by atoms with E-state index in [9.17, 15) is 9.18 Å². The number of carbonyl (C=O) groups is 1. The van der Waals surface area contributed by atoms with Crippen molar-refractivity contribution in [2.75, 3.05) is 18.0 Å². The SMILES string of the molecule is C[C@@H]1CN(c2ccc3c(Cl)ccnc3c2F)C[C@@H](C(N)=O)O1. The summed E-state index contributed by atoms with van der Waals surface area (Å²) < 4.78 is 20.2. The third-order valence-electron chi connectivity index (χ3n) is 3.70. The highest BCUT2D eigenvalue weighted by Gasteiger charge is 2.30. The van der Waals surface area contributed by atoms with Crippen LogP contribution in [0, 0.1) is 5.82 Å². The number of primary amides is 1. The van der Waals surface area contributed by atoms with Gasteiger partial charge in [0.2, 0.25) is 5.91 Å². The number of hydrogen-bond acceptors (Lipinski definition) is 4. The van der Waals surface area contributed by atoms with Crippen LogP contribution in [-0.2, 0) is 9.53 Å². The molecule has 1 aliphatic heterocycles. The van der Waals surface area contributed by atoms with Gasteiger partial charge in [-0.2, -0.15) is 0 Å². The van der Waals surface area contributed by atoms with Crippen LogP contribution in [0.4, 0.5) is 10.1 Å². The van der Waals surface area contributed by atoms with Crippen molar-refractivity contribution in [1.82, 2.24) is 4.98 Å². The first kappa shape index (κ1) is 15.0. The van der Waals surface area contributed by atoms with E-state index in [-0.39, 0.29) is 18.2 Å². The van der Waals surface area contributed by atoms with Crippen molar-refractivity contribution in [3.8, 4) is 0 Å². The number of fused-ring (bicyclic) bond motifs is 1. The number of ether oxygens (including phenoxy) is 1. The van der Waals surface area contributed by atoms with E-state index in [0.717, 1.165) is 0 Å². The smallest absolute Gasteiger partial charge is 0.248 e. The maximum Gasteiger partial charge on any atom is 0.248 e. The molecule has 1 aromatic carbocycles.